The minimum absolute atomic E-state index is 0.0240. The van der Waals surface area contributed by atoms with Gasteiger partial charge in [0.1, 0.15) is 23.1 Å². The Labute approximate surface area is 184 Å². The molecule has 0 saturated carbocycles. The molecule has 0 bridgehead atoms. The molecule has 1 fully saturated rings. The number of allylic oxidation sites excluding steroid dienone is 1. The number of nitrogens with one attached hydrogen (secondary N) is 2. The summed E-state index contributed by atoms with van der Waals surface area (Å²) in [7, 11) is 0. The highest BCUT2D eigenvalue weighted by molar-refractivity contribution is 6.32. The standard InChI is InChI=1S/C22H21ClFN5O2/c23-19-8-5-15(24)10-20(19)31-17-6-3-14(4-7-17)21(26)18(12-30)22(27)28-16-2-1-9-29(11-16)13-25/h3-8,10,12,16,26,28H,1-2,9,11,27H2/b22-18-,26-21?. The van der Waals surface area contributed by atoms with Gasteiger partial charge in [0.25, 0.3) is 0 Å². The summed E-state index contributed by atoms with van der Waals surface area (Å²) in [6.45, 7) is 1.19. The average Bonchev–Trinajstić information content (AvgIpc) is 2.77. The molecule has 7 nitrogen and oxygen atoms in total. The van der Waals surface area contributed by atoms with Gasteiger partial charge in [-0.15, -0.1) is 0 Å². The van der Waals surface area contributed by atoms with Crippen LogP contribution in [-0.2, 0) is 4.79 Å². The summed E-state index contributed by atoms with van der Waals surface area (Å²) >= 11 is 6.01. The molecular weight excluding hydrogens is 421 g/mol. The van der Waals surface area contributed by atoms with E-state index in [9.17, 15) is 9.18 Å². The second-order valence-corrected chi connectivity index (χ2v) is 7.46. The van der Waals surface area contributed by atoms with E-state index in [0.29, 0.717) is 30.7 Å². The molecule has 1 unspecified atom stereocenters. The SMILES string of the molecule is N#CN1CCCC(N/C(N)=C(/C=O)C(=N)c2ccc(Oc3cc(F)ccc3Cl)cc2)C1. The first-order chi connectivity index (χ1) is 14.9. The highest BCUT2D eigenvalue weighted by Crippen LogP contribution is 2.30. The lowest BCUT2D eigenvalue weighted by molar-refractivity contribution is -0.104. The third kappa shape index (κ3) is 5.53. The highest BCUT2D eigenvalue weighted by Gasteiger charge is 2.21. The molecule has 0 radical (unpaired) electrons. The number of benzene rings is 2. The number of carbonyl (C=O) groups excluding carboxylic acids is 1. The normalized spacial score (nSPS) is 16.7. The Morgan fingerprint density at radius 2 is 2.10 bits per heavy atom. The largest absolute Gasteiger partial charge is 0.456 e. The maximum absolute atomic E-state index is 13.4. The predicted octanol–water partition coefficient (Wildman–Crippen LogP) is 3.54. The summed E-state index contributed by atoms with van der Waals surface area (Å²) in [6.07, 6.45) is 4.30. The molecule has 1 aliphatic rings. The van der Waals surface area contributed by atoms with Crippen LogP contribution in [0.4, 0.5) is 4.39 Å². The Balaban J connectivity index is 1.72. The Morgan fingerprint density at radius 3 is 2.77 bits per heavy atom. The van der Waals surface area contributed by atoms with Crippen LogP contribution in [0.5, 0.6) is 11.5 Å². The van der Waals surface area contributed by atoms with E-state index in [2.05, 4.69) is 11.5 Å². The van der Waals surface area contributed by atoms with E-state index >= 15 is 0 Å². The molecule has 2 aromatic rings. The van der Waals surface area contributed by atoms with Gasteiger partial charge in [-0.25, -0.2) is 4.39 Å². The van der Waals surface area contributed by atoms with Crippen LogP contribution in [0.15, 0.2) is 53.9 Å². The number of halogens is 2. The van der Waals surface area contributed by atoms with Crippen molar-refractivity contribution in [2.45, 2.75) is 18.9 Å². The zero-order chi connectivity index (χ0) is 22.4. The Hall–Kier alpha value is -3.57. The molecule has 9 heteroatoms. The maximum atomic E-state index is 13.4. The topological polar surface area (TPSA) is 115 Å². The van der Waals surface area contributed by atoms with Crippen molar-refractivity contribution in [3.8, 4) is 17.7 Å². The van der Waals surface area contributed by atoms with E-state index in [1.54, 1.807) is 29.2 Å². The summed E-state index contributed by atoms with van der Waals surface area (Å²) in [5.41, 5.74) is 6.49. The van der Waals surface area contributed by atoms with Crippen LogP contribution in [0.25, 0.3) is 0 Å². The molecule has 0 aromatic heterocycles. The van der Waals surface area contributed by atoms with Gasteiger partial charge >= 0.3 is 0 Å². The fraction of sp³-hybridized carbons (Fsp3) is 0.227. The zero-order valence-corrected chi connectivity index (χ0v) is 17.3. The lowest BCUT2D eigenvalue weighted by atomic mass is 10.0. The van der Waals surface area contributed by atoms with Gasteiger partial charge in [0.15, 0.2) is 12.5 Å². The number of aldehydes is 1. The fourth-order valence-corrected chi connectivity index (χ4v) is 3.42. The van der Waals surface area contributed by atoms with Crippen molar-refractivity contribution >= 4 is 23.6 Å². The van der Waals surface area contributed by atoms with Crippen LogP contribution in [0.3, 0.4) is 0 Å². The van der Waals surface area contributed by atoms with Crippen LogP contribution in [0.1, 0.15) is 18.4 Å². The van der Waals surface area contributed by atoms with Crippen molar-refractivity contribution in [3.05, 3.63) is 70.3 Å². The molecule has 1 heterocycles. The van der Waals surface area contributed by atoms with E-state index in [1.807, 2.05) is 0 Å². The summed E-state index contributed by atoms with van der Waals surface area (Å²) in [5.74, 6) is 0.185. The van der Waals surface area contributed by atoms with Crippen molar-refractivity contribution in [2.75, 3.05) is 13.1 Å². The number of ether oxygens (including phenoxy) is 1. The smallest absolute Gasteiger partial charge is 0.179 e. The zero-order valence-electron chi connectivity index (χ0n) is 16.6. The fourth-order valence-electron chi connectivity index (χ4n) is 3.27. The van der Waals surface area contributed by atoms with E-state index in [-0.39, 0.29) is 33.9 Å². The van der Waals surface area contributed by atoms with Gasteiger partial charge in [-0.3, -0.25) is 10.2 Å². The monoisotopic (exact) mass is 441 g/mol. The minimum atomic E-state index is -0.475. The minimum Gasteiger partial charge on any atom is -0.456 e. The van der Waals surface area contributed by atoms with Gasteiger partial charge in [0.2, 0.25) is 0 Å². The number of carbonyl (C=O) groups is 1. The molecule has 1 aliphatic heterocycles. The summed E-state index contributed by atoms with van der Waals surface area (Å²) in [5, 5.41) is 20.8. The van der Waals surface area contributed by atoms with Crippen molar-refractivity contribution in [1.29, 1.82) is 10.7 Å². The molecular formula is C22H21ClFN5O2. The molecule has 0 amide bonds. The van der Waals surface area contributed by atoms with Crippen LogP contribution in [-0.4, -0.2) is 36.0 Å². The van der Waals surface area contributed by atoms with Gasteiger partial charge in [0.05, 0.1) is 16.3 Å². The molecule has 1 saturated heterocycles. The second-order valence-electron chi connectivity index (χ2n) is 7.05. The predicted molar refractivity (Wildman–Crippen MR) is 115 cm³/mol. The van der Waals surface area contributed by atoms with Crippen molar-refractivity contribution < 1.29 is 13.9 Å². The first kappa shape index (κ1) is 22.1. The van der Waals surface area contributed by atoms with Crippen molar-refractivity contribution in [3.63, 3.8) is 0 Å². The number of hydrogen-bond acceptors (Lipinski definition) is 7. The summed E-state index contributed by atoms with van der Waals surface area (Å²) in [6, 6.07) is 10.1. The van der Waals surface area contributed by atoms with Crippen LogP contribution >= 0.6 is 11.6 Å². The summed E-state index contributed by atoms with van der Waals surface area (Å²) < 4.78 is 19.0. The third-order valence-electron chi connectivity index (χ3n) is 4.86. The van der Waals surface area contributed by atoms with Gasteiger partial charge in [-0.05, 0) is 49.2 Å². The number of nitriles is 1. The molecule has 31 heavy (non-hydrogen) atoms. The highest BCUT2D eigenvalue weighted by atomic mass is 35.5. The number of likely N-dealkylation sites (tertiary alicyclic amines) is 1. The molecule has 0 spiro atoms. The van der Waals surface area contributed by atoms with Gasteiger partial charge in [-0.1, -0.05) is 11.6 Å². The second kappa shape index (κ2) is 9.96. The number of piperidine rings is 1. The average molecular weight is 442 g/mol. The number of nitrogens with two attached hydrogens (primary N) is 1. The molecule has 160 valence electrons. The van der Waals surface area contributed by atoms with E-state index in [1.165, 1.54) is 18.2 Å². The molecule has 4 N–H and O–H groups in total. The molecule has 1 atom stereocenters. The molecule has 0 aliphatic carbocycles. The first-order valence-electron chi connectivity index (χ1n) is 9.59. The Kier molecular flexibility index (Phi) is 7.11. The maximum Gasteiger partial charge on any atom is 0.179 e. The van der Waals surface area contributed by atoms with Crippen molar-refractivity contribution in [2.24, 2.45) is 5.73 Å². The third-order valence-corrected chi connectivity index (χ3v) is 5.18. The number of hydrogen-bond donors (Lipinski definition) is 3. The van der Waals surface area contributed by atoms with Crippen LogP contribution < -0.4 is 15.8 Å². The van der Waals surface area contributed by atoms with Gasteiger partial charge in [0, 0.05) is 30.8 Å². The van der Waals surface area contributed by atoms with Crippen molar-refractivity contribution in [1.82, 2.24) is 10.2 Å². The lowest BCUT2D eigenvalue weighted by Gasteiger charge is -2.30. The van der Waals surface area contributed by atoms with E-state index < -0.39 is 5.82 Å². The van der Waals surface area contributed by atoms with Gasteiger partial charge in [-0.2, -0.15) is 5.26 Å². The van der Waals surface area contributed by atoms with E-state index in [0.717, 1.165) is 12.8 Å². The molecule has 3 rings (SSSR count). The lowest BCUT2D eigenvalue weighted by Crippen LogP contribution is -2.45. The summed E-state index contributed by atoms with van der Waals surface area (Å²) in [4.78, 5) is 13.3. The number of rotatable bonds is 7. The van der Waals surface area contributed by atoms with Crippen LogP contribution in [0, 0.1) is 22.7 Å². The number of nitrogens with zero attached hydrogens (tertiary/aromatic N) is 2. The Bertz CT molecular complexity index is 1050. The quantitative estimate of drug-likeness (QED) is 0.262. The van der Waals surface area contributed by atoms with Gasteiger partial charge < -0.3 is 20.7 Å². The first-order valence-corrected chi connectivity index (χ1v) is 9.97. The molecule has 2 aromatic carbocycles. The Morgan fingerprint density at radius 1 is 1.35 bits per heavy atom. The van der Waals surface area contributed by atoms with Crippen LogP contribution in [0.2, 0.25) is 5.02 Å². The van der Waals surface area contributed by atoms with E-state index in [4.69, 9.17) is 32.7 Å².